The third-order valence-corrected chi connectivity index (χ3v) is 4.96. The van der Waals surface area contributed by atoms with E-state index in [9.17, 15) is 18.8 Å². The van der Waals surface area contributed by atoms with Crippen molar-refractivity contribution in [1.29, 1.82) is 0 Å². The molecule has 7 nitrogen and oxygen atoms in total. The number of carbonyl (C=O) groups is 3. The van der Waals surface area contributed by atoms with Crippen molar-refractivity contribution >= 4 is 17.8 Å². The van der Waals surface area contributed by atoms with E-state index in [1.165, 1.54) is 25.1 Å². The van der Waals surface area contributed by atoms with Crippen LogP contribution in [0.15, 0.2) is 24.3 Å². The van der Waals surface area contributed by atoms with Crippen LogP contribution < -0.4 is 4.74 Å². The Hall–Kier alpha value is -2.64. The average molecular weight is 363 g/mol. The van der Waals surface area contributed by atoms with Gasteiger partial charge in [-0.1, -0.05) is 12.1 Å². The highest BCUT2D eigenvalue weighted by Gasteiger charge is 2.42. The molecule has 0 saturated carbocycles. The highest BCUT2D eigenvalue weighted by molar-refractivity contribution is 6.05. The maximum Gasteiger partial charge on any atom is 0.326 e. The molecule has 0 radical (unpaired) electrons. The van der Waals surface area contributed by atoms with Gasteiger partial charge in [0.15, 0.2) is 11.6 Å². The SMILES string of the molecule is CN1C(=O)[C@@H](CC(=O)N2CCC(Oc3ccccc3F)CC2)N(C)C1=O. The number of ether oxygens (including phenoxy) is 1. The van der Waals surface area contributed by atoms with Crippen molar-refractivity contribution in [2.45, 2.75) is 31.4 Å². The van der Waals surface area contributed by atoms with E-state index in [1.807, 2.05) is 0 Å². The number of amides is 4. The number of benzene rings is 1. The minimum absolute atomic E-state index is 0.0236. The summed E-state index contributed by atoms with van der Waals surface area (Å²) in [5.74, 6) is -0.703. The molecule has 3 rings (SSSR count). The minimum atomic E-state index is -0.743. The summed E-state index contributed by atoms with van der Waals surface area (Å²) in [6.45, 7) is 0.957. The molecule has 2 saturated heterocycles. The predicted octanol–water partition coefficient (Wildman–Crippen LogP) is 1.48. The van der Waals surface area contributed by atoms with Crippen LogP contribution in [0.25, 0.3) is 0 Å². The van der Waals surface area contributed by atoms with Gasteiger partial charge in [0.25, 0.3) is 5.91 Å². The largest absolute Gasteiger partial charge is 0.487 e. The van der Waals surface area contributed by atoms with Crippen LogP contribution in [0.5, 0.6) is 5.75 Å². The zero-order valence-electron chi connectivity index (χ0n) is 14.9. The van der Waals surface area contributed by atoms with E-state index in [-0.39, 0.29) is 30.1 Å². The lowest BCUT2D eigenvalue weighted by Crippen LogP contribution is -2.45. The predicted molar refractivity (Wildman–Crippen MR) is 91.0 cm³/mol. The number of carbonyl (C=O) groups excluding carboxylic acids is 3. The number of imide groups is 1. The average Bonchev–Trinajstić information content (AvgIpc) is 2.82. The van der Waals surface area contributed by atoms with Crippen LogP contribution >= 0.6 is 0 Å². The van der Waals surface area contributed by atoms with E-state index >= 15 is 0 Å². The number of likely N-dealkylation sites (tertiary alicyclic amines) is 1. The summed E-state index contributed by atoms with van der Waals surface area (Å²) in [4.78, 5) is 40.4. The first kappa shape index (κ1) is 18.2. The van der Waals surface area contributed by atoms with Crippen LogP contribution in [0.3, 0.4) is 0 Å². The first-order valence-electron chi connectivity index (χ1n) is 8.62. The summed E-state index contributed by atoms with van der Waals surface area (Å²) >= 11 is 0. The number of rotatable bonds is 4. The van der Waals surface area contributed by atoms with Crippen molar-refractivity contribution in [1.82, 2.24) is 14.7 Å². The van der Waals surface area contributed by atoms with Crippen molar-refractivity contribution in [2.24, 2.45) is 0 Å². The van der Waals surface area contributed by atoms with E-state index in [1.54, 1.807) is 23.1 Å². The Labute approximate surface area is 151 Å². The molecule has 1 atom stereocenters. The smallest absolute Gasteiger partial charge is 0.326 e. The number of halogens is 1. The molecule has 4 amide bonds. The molecule has 2 aliphatic heterocycles. The van der Waals surface area contributed by atoms with Gasteiger partial charge in [0.2, 0.25) is 5.91 Å². The summed E-state index contributed by atoms with van der Waals surface area (Å²) in [7, 11) is 2.94. The van der Waals surface area contributed by atoms with Crippen LogP contribution in [0, 0.1) is 5.82 Å². The van der Waals surface area contributed by atoms with Gasteiger partial charge in [-0.15, -0.1) is 0 Å². The lowest BCUT2D eigenvalue weighted by molar-refractivity contribution is -0.137. The van der Waals surface area contributed by atoms with Gasteiger partial charge >= 0.3 is 6.03 Å². The van der Waals surface area contributed by atoms with Crippen molar-refractivity contribution < 1.29 is 23.5 Å². The van der Waals surface area contributed by atoms with E-state index < -0.39 is 17.9 Å². The summed E-state index contributed by atoms with van der Waals surface area (Å²) in [5.41, 5.74) is 0. The maximum atomic E-state index is 13.7. The Balaban J connectivity index is 1.52. The zero-order chi connectivity index (χ0) is 18.8. The highest BCUT2D eigenvalue weighted by Crippen LogP contribution is 2.23. The van der Waals surface area contributed by atoms with Gasteiger partial charge in [-0.3, -0.25) is 14.5 Å². The minimum Gasteiger partial charge on any atom is -0.487 e. The second-order valence-electron chi connectivity index (χ2n) is 6.64. The Morgan fingerprint density at radius 3 is 2.42 bits per heavy atom. The van der Waals surface area contributed by atoms with Crippen LogP contribution in [0.1, 0.15) is 19.3 Å². The molecule has 0 spiro atoms. The molecule has 26 heavy (non-hydrogen) atoms. The third-order valence-electron chi connectivity index (χ3n) is 4.96. The Morgan fingerprint density at radius 1 is 1.19 bits per heavy atom. The van der Waals surface area contributed by atoms with Crippen molar-refractivity contribution in [2.75, 3.05) is 27.2 Å². The molecule has 0 unspecified atom stereocenters. The number of para-hydroxylation sites is 1. The molecule has 0 bridgehead atoms. The number of nitrogens with zero attached hydrogens (tertiary/aromatic N) is 3. The molecule has 2 fully saturated rings. The van der Waals surface area contributed by atoms with Gasteiger partial charge in [-0.25, -0.2) is 9.18 Å². The van der Waals surface area contributed by atoms with Crippen LogP contribution in [-0.2, 0) is 9.59 Å². The molecule has 0 N–H and O–H groups in total. The number of hydrogen-bond donors (Lipinski definition) is 0. The quantitative estimate of drug-likeness (QED) is 0.760. The molecular weight excluding hydrogens is 341 g/mol. The molecule has 0 aromatic heterocycles. The molecule has 8 heteroatoms. The number of hydrogen-bond acceptors (Lipinski definition) is 4. The van der Waals surface area contributed by atoms with Gasteiger partial charge in [0.05, 0.1) is 6.42 Å². The molecule has 1 aromatic carbocycles. The fourth-order valence-electron chi connectivity index (χ4n) is 3.32. The van der Waals surface area contributed by atoms with Crippen LogP contribution in [0.2, 0.25) is 0 Å². The second-order valence-corrected chi connectivity index (χ2v) is 6.64. The summed E-state index contributed by atoms with van der Waals surface area (Å²) in [5, 5.41) is 0. The van der Waals surface area contributed by atoms with E-state index in [0.717, 1.165) is 4.90 Å². The molecule has 1 aromatic rings. The fourth-order valence-corrected chi connectivity index (χ4v) is 3.32. The maximum absolute atomic E-state index is 13.7. The Morgan fingerprint density at radius 2 is 1.85 bits per heavy atom. The van der Waals surface area contributed by atoms with Crippen LogP contribution in [0.4, 0.5) is 9.18 Å². The van der Waals surface area contributed by atoms with Crippen molar-refractivity contribution in [3.63, 3.8) is 0 Å². The van der Waals surface area contributed by atoms with Gasteiger partial charge in [-0.05, 0) is 12.1 Å². The molecule has 2 aliphatic rings. The van der Waals surface area contributed by atoms with E-state index in [0.29, 0.717) is 25.9 Å². The normalized spacial score (nSPS) is 21.5. The number of piperidine rings is 1. The topological polar surface area (TPSA) is 70.2 Å². The summed E-state index contributed by atoms with van der Waals surface area (Å²) < 4.78 is 19.3. The summed E-state index contributed by atoms with van der Waals surface area (Å²) in [6, 6.07) is 5.11. The second kappa shape index (κ2) is 7.31. The Kier molecular flexibility index (Phi) is 5.11. The van der Waals surface area contributed by atoms with Gasteiger partial charge in [0, 0.05) is 40.0 Å². The molecule has 2 heterocycles. The molecule has 140 valence electrons. The van der Waals surface area contributed by atoms with Crippen molar-refractivity contribution in [3.05, 3.63) is 30.1 Å². The Bertz CT molecular complexity index is 718. The lowest BCUT2D eigenvalue weighted by atomic mass is 10.1. The van der Waals surface area contributed by atoms with Gasteiger partial charge in [-0.2, -0.15) is 0 Å². The molecular formula is C18H22FN3O4. The fraction of sp³-hybridized carbons (Fsp3) is 0.500. The first-order valence-corrected chi connectivity index (χ1v) is 8.62. The zero-order valence-corrected chi connectivity index (χ0v) is 14.9. The summed E-state index contributed by atoms with van der Waals surface area (Å²) in [6.07, 6.45) is 1.00. The number of urea groups is 1. The standard InChI is InChI=1S/C18H22FN3O4/c1-20-14(17(24)21(2)18(20)25)11-16(23)22-9-7-12(8-10-22)26-15-6-4-3-5-13(15)19/h3-6,12,14H,7-11H2,1-2H3/t14-/m1/s1. The van der Waals surface area contributed by atoms with E-state index in [4.69, 9.17) is 4.74 Å². The monoisotopic (exact) mass is 363 g/mol. The van der Waals surface area contributed by atoms with Crippen LogP contribution in [-0.4, -0.2) is 71.9 Å². The van der Waals surface area contributed by atoms with Gasteiger partial charge in [0.1, 0.15) is 12.1 Å². The van der Waals surface area contributed by atoms with Gasteiger partial charge < -0.3 is 14.5 Å². The van der Waals surface area contributed by atoms with E-state index in [2.05, 4.69) is 0 Å². The lowest BCUT2D eigenvalue weighted by Gasteiger charge is -2.33. The third kappa shape index (κ3) is 3.49. The highest BCUT2D eigenvalue weighted by atomic mass is 19.1. The number of likely N-dealkylation sites (N-methyl/N-ethyl adjacent to an activating group) is 2. The first-order chi connectivity index (χ1) is 12.4. The van der Waals surface area contributed by atoms with Crippen molar-refractivity contribution in [3.8, 4) is 5.75 Å². The molecule has 0 aliphatic carbocycles.